The number of benzene rings is 2. The maximum Gasteiger partial charge on any atom is 0.258 e. The number of anilines is 2. The summed E-state index contributed by atoms with van der Waals surface area (Å²) in [5.41, 5.74) is 12.1. The Morgan fingerprint density at radius 1 is 0.833 bits per heavy atom. The van der Waals surface area contributed by atoms with E-state index in [9.17, 15) is 19.8 Å². The Balaban J connectivity index is 0.764. The molecule has 9 rings (SSSR count). The van der Waals surface area contributed by atoms with Crippen LogP contribution in [-0.4, -0.2) is 138 Å². The first-order valence-corrected chi connectivity index (χ1v) is 21.1. The minimum Gasteiger partial charge on any atom is -0.508 e. The highest BCUT2D eigenvalue weighted by Crippen LogP contribution is 2.35. The first-order chi connectivity index (χ1) is 29.1. The monoisotopic (exact) mass is 815 g/mol. The number of rotatable bonds is 9. The number of nitrogens with two attached hydrogens (primary N) is 1. The molecule has 16 heteroatoms. The van der Waals surface area contributed by atoms with Crippen LogP contribution in [0.15, 0.2) is 55.0 Å². The smallest absolute Gasteiger partial charge is 0.258 e. The van der Waals surface area contributed by atoms with E-state index in [1.807, 2.05) is 31.0 Å². The second-order valence-electron chi connectivity index (χ2n) is 16.9. The number of hydrogen-bond acceptors (Lipinski definition) is 13. The first kappa shape index (κ1) is 39.6. The van der Waals surface area contributed by atoms with E-state index in [1.165, 1.54) is 11.6 Å². The lowest BCUT2D eigenvalue weighted by Gasteiger charge is -2.39. The Hall–Kier alpha value is -5.84. The molecular formula is C44H53N11O5. The predicted octanol–water partition coefficient (Wildman–Crippen LogP) is 3.97. The number of nitrogens with zero attached hydrogens (tertiary/aromatic N) is 10. The van der Waals surface area contributed by atoms with Crippen LogP contribution in [0.3, 0.4) is 0 Å². The number of carbonyl (C=O) groups excluding carboxylic acids is 2. The Kier molecular flexibility index (Phi) is 11.0. The van der Waals surface area contributed by atoms with E-state index in [1.54, 1.807) is 27.9 Å². The summed E-state index contributed by atoms with van der Waals surface area (Å²) in [5, 5.41) is 25.5. The number of phenolic OH excluding ortho intramolecular Hbond substituents is 2. The van der Waals surface area contributed by atoms with E-state index >= 15 is 0 Å². The van der Waals surface area contributed by atoms with Gasteiger partial charge in [0.15, 0.2) is 11.6 Å². The molecule has 4 N–H and O–H groups in total. The van der Waals surface area contributed by atoms with E-state index in [2.05, 4.69) is 42.9 Å². The third-order valence-corrected chi connectivity index (χ3v) is 12.5. The number of carbonyl (C=O) groups is 2. The number of fused-ring (bicyclic) bond motifs is 2. The fourth-order valence-corrected chi connectivity index (χ4v) is 9.03. The van der Waals surface area contributed by atoms with Crippen LogP contribution in [0.25, 0.3) is 16.9 Å². The number of likely N-dealkylation sites (tertiary alicyclic amines) is 1. The maximum atomic E-state index is 13.9. The molecule has 60 heavy (non-hydrogen) atoms. The number of aromatic nitrogens is 5. The summed E-state index contributed by atoms with van der Waals surface area (Å²) in [5.74, 6) is 1.54. The lowest BCUT2D eigenvalue weighted by Crippen LogP contribution is -2.48. The van der Waals surface area contributed by atoms with Gasteiger partial charge in [-0.05, 0) is 59.1 Å². The normalized spacial score (nSPS) is 18.1. The van der Waals surface area contributed by atoms with Crippen molar-refractivity contribution in [2.45, 2.75) is 52.2 Å². The van der Waals surface area contributed by atoms with Gasteiger partial charge in [-0.2, -0.15) is 0 Å². The number of amides is 2. The molecule has 7 heterocycles. The minimum atomic E-state index is -0.231. The van der Waals surface area contributed by atoms with Crippen molar-refractivity contribution in [2.24, 2.45) is 5.92 Å². The molecule has 2 amide bonds. The van der Waals surface area contributed by atoms with Crippen LogP contribution in [0.5, 0.6) is 11.5 Å². The molecule has 4 aliphatic heterocycles. The highest BCUT2D eigenvalue weighted by Gasteiger charge is 2.30. The maximum absolute atomic E-state index is 13.9. The molecule has 0 unspecified atom stereocenters. The predicted molar refractivity (Wildman–Crippen MR) is 226 cm³/mol. The van der Waals surface area contributed by atoms with Crippen LogP contribution in [0, 0.1) is 5.92 Å². The molecule has 0 atom stereocenters. The molecule has 3 aromatic heterocycles. The molecule has 0 radical (unpaired) electrons. The van der Waals surface area contributed by atoms with Crippen LogP contribution in [-0.2, 0) is 24.4 Å². The van der Waals surface area contributed by atoms with Crippen LogP contribution in [0.2, 0.25) is 0 Å². The first-order valence-electron chi connectivity index (χ1n) is 21.1. The Labute approximate surface area is 349 Å². The van der Waals surface area contributed by atoms with Gasteiger partial charge in [0, 0.05) is 103 Å². The molecule has 0 spiro atoms. The van der Waals surface area contributed by atoms with Gasteiger partial charge >= 0.3 is 0 Å². The molecule has 0 bridgehead atoms. The summed E-state index contributed by atoms with van der Waals surface area (Å²) in [7, 11) is 0. The zero-order chi connectivity index (χ0) is 41.5. The molecule has 2 aromatic carbocycles. The van der Waals surface area contributed by atoms with E-state index in [-0.39, 0.29) is 40.7 Å². The summed E-state index contributed by atoms with van der Waals surface area (Å²) in [4.78, 5) is 51.5. The van der Waals surface area contributed by atoms with Crippen molar-refractivity contribution in [2.75, 3.05) is 82.8 Å². The van der Waals surface area contributed by atoms with Gasteiger partial charge in [0.1, 0.15) is 17.0 Å². The quantitative estimate of drug-likeness (QED) is 0.195. The molecule has 3 fully saturated rings. The molecule has 0 saturated carbocycles. The van der Waals surface area contributed by atoms with E-state index in [0.29, 0.717) is 67.8 Å². The van der Waals surface area contributed by atoms with E-state index in [4.69, 9.17) is 20.6 Å². The van der Waals surface area contributed by atoms with Crippen molar-refractivity contribution in [3.05, 3.63) is 88.4 Å². The number of piperazine rings is 1. The van der Waals surface area contributed by atoms with Crippen molar-refractivity contribution in [1.29, 1.82) is 0 Å². The van der Waals surface area contributed by atoms with Crippen LogP contribution in [0.1, 0.15) is 75.6 Å². The lowest BCUT2D eigenvalue weighted by molar-refractivity contribution is 0.0629. The van der Waals surface area contributed by atoms with Crippen molar-refractivity contribution >= 4 is 29.1 Å². The Morgan fingerprint density at radius 2 is 1.55 bits per heavy atom. The van der Waals surface area contributed by atoms with Gasteiger partial charge in [0.2, 0.25) is 5.95 Å². The highest BCUT2D eigenvalue weighted by atomic mass is 16.5. The zero-order valence-electron chi connectivity index (χ0n) is 34.3. The third kappa shape index (κ3) is 8.18. The van der Waals surface area contributed by atoms with Gasteiger partial charge in [0.05, 0.1) is 29.9 Å². The molecule has 4 aliphatic rings. The van der Waals surface area contributed by atoms with Crippen molar-refractivity contribution in [3.63, 3.8) is 0 Å². The summed E-state index contributed by atoms with van der Waals surface area (Å²) in [6.45, 7) is 14.8. The van der Waals surface area contributed by atoms with Crippen LogP contribution < -0.4 is 10.6 Å². The van der Waals surface area contributed by atoms with Crippen LogP contribution in [0.4, 0.5) is 11.8 Å². The fraction of sp³-hybridized carbons (Fsp3) is 0.455. The van der Waals surface area contributed by atoms with Gasteiger partial charge in [-0.1, -0.05) is 32.0 Å². The number of morpholine rings is 1. The molecule has 0 aliphatic carbocycles. The lowest BCUT2D eigenvalue weighted by atomic mass is 9.95. The minimum absolute atomic E-state index is 0.00431. The standard InChI is InChI=1S/C44H53N11O5/c1-28(2)35-19-36(39(57)20-38(35)56)43(59)54-25-31-4-3-30(17-32(31)26-54)24-51-11-9-50(10-12-51)23-29-5-7-53(8-6-29)42(58)33-18-37-41(52-13-15-60-16-14-52)48-40(49-55(37)27-33)34-21-46-44(45)47-22-34/h3-4,17-22,27-29,56-57H,5-16,23-26H2,1-2H3,(H2,45,46,47). The molecular weight excluding hydrogens is 763 g/mol. The van der Waals surface area contributed by atoms with Gasteiger partial charge in [-0.3, -0.25) is 14.5 Å². The zero-order valence-corrected chi connectivity index (χ0v) is 34.3. The number of aromatic hydroxyl groups is 2. The highest BCUT2D eigenvalue weighted by molar-refractivity contribution is 5.98. The summed E-state index contributed by atoms with van der Waals surface area (Å²) in [6, 6.07) is 11.3. The van der Waals surface area contributed by atoms with Gasteiger partial charge in [-0.15, -0.1) is 5.10 Å². The van der Waals surface area contributed by atoms with E-state index in [0.717, 1.165) is 87.7 Å². The third-order valence-electron chi connectivity index (χ3n) is 12.5. The van der Waals surface area contributed by atoms with Crippen molar-refractivity contribution in [3.8, 4) is 22.9 Å². The summed E-state index contributed by atoms with van der Waals surface area (Å²) < 4.78 is 7.35. The second-order valence-corrected chi connectivity index (χ2v) is 16.9. The molecule has 5 aromatic rings. The second kappa shape index (κ2) is 16.7. The number of phenols is 2. The van der Waals surface area contributed by atoms with Crippen LogP contribution >= 0.6 is 0 Å². The molecule has 3 saturated heterocycles. The Morgan fingerprint density at radius 3 is 2.28 bits per heavy atom. The van der Waals surface area contributed by atoms with Gasteiger partial charge < -0.3 is 40.3 Å². The molecule has 16 nitrogen and oxygen atoms in total. The largest absolute Gasteiger partial charge is 0.508 e. The average molecular weight is 816 g/mol. The van der Waals surface area contributed by atoms with Crippen molar-refractivity contribution < 1.29 is 24.5 Å². The number of nitrogen functional groups attached to an aromatic ring is 1. The van der Waals surface area contributed by atoms with E-state index < -0.39 is 0 Å². The summed E-state index contributed by atoms with van der Waals surface area (Å²) >= 11 is 0. The fourth-order valence-electron chi connectivity index (χ4n) is 9.03. The topological polar surface area (TPSA) is 182 Å². The SMILES string of the molecule is CC(C)c1cc(C(=O)N2Cc3ccc(CN4CCN(CC5CCN(C(=O)c6cc7c(N8CCOCC8)nc(-c8cnc(N)nc8)nn7c6)CC5)CC4)cc3C2)c(O)cc1O. The van der Waals surface area contributed by atoms with Crippen molar-refractivity contribution in [1.82, 2.24) is 44.2 Å². The summed E-state index contributed by atoms with van der Waals surface area (Å²) in [6.07, 6.45) is 6.97. The number of piperidine rings is 1. The van der Waals surface area contributed by atoms with Gasteiger partial charge in [0.25, 0.3) is 11.8 Å². The molecule has 314 valence electrons. The van der Waals surface area contributed by atoms with Gasteiger partial charge in [-0.25, -0.2) is 19.5 Å². The average Bonchev–Trinajstić information content (AvgIpc) is 3.89. The number of ether oxygens (including phenoxy) is 1. The Bertz CT molecular complexity index is 2380. The number of hydrogen-bond donors (Lipinski definition) is 3.